The molecule has 0 amide bonds. The van der Waals surface area contributed by atoms with Crippen LogP contribution in [0.3, 0.4) is 0 Å². The monoisotopic (exact) mass is 344 g/mol. The molecule has 3 rings (SSSR count). The Morgan fingerprint density at radius 1 is 1.24 bits per heavy atom. The van der Waals surface area contributed by atoms with E-state index in [2.05, 4.69) is 9.98 Å². The number of nitrogens with zero attached hydrogens (tertiary/aromatic N) is 4. The van der Waals surface area contributed by atoms with E-state index in [1.807, 2.05) is 25.1 Å². The standard InChI is InChI=1S/C17H24N6O2/c1-22(2)13-7-6-11(10-12(13)14(24)25)23-16(19)20-15(18)21-17(23)8-4-3-5-9-17/h6-7,10H,3-5,8-9H2,1-2H3,(H,24,25)(H4,18,19,20,21). The van der Waals surface area contributed by atoms with Crippen molar-refractivity contribution < 1.29 is 9.90 Å². The number of hydrogen-bond acceptors (Lipinski definition) is 7. The van der Waals surface area contributed by atoms with Gasteiger partial charge in [-0.1, -0.05) is 6.42 Å². The fraction of sp³-hybridized carbons (Fsp3) is 0.471. The zero-order chi connectivity index (χ0) is 18.2. The average Bonchev–Trinajstić information content (AvgIpc) is 2.54. The van der Waals surface area contributed by atoms with Gasteiger partial charge >= 0.3 is 5.97 Å². The van der Waals surface area contributed by atoms with Gasteiger partial charge in [0.25, 0.3) is 0 Å². The minimum absolute atomic E-state index is 0.180. The average molecular weight is 344 g/mol. The predicted molar refractivity (Wildman–Crippen MR) is 99.3 cm³/mol. The van der Waals surface area contributed by atoms with Gasteiger partial charge in [-0.3, -0.25) is 4.90 Å². The molecular weight excluding hydrogens is 320 g/mol. The van der Waals surface area contributed by atoms with Crippen LogP contribution in [-0.4, -0.2) is 42.8 Å². The number of nitrogens with two attached hydrogens (primary N) is 2. The van der Waals surface area contributed by atoms with Crippen LogP contribution in [0.5, 0.6) is 0 Å². The van der Waals surface area contributed by atoms with Gasteiger partial charge in [-0.2, -0.15) is 4.99 Å². The first kappa shape index (κ1) is 17.1. The molecule has 8 heteroatoms. The second kappa shape index (κ2) is 6.27. The molecule has 134 valence electrons. The maximum Gasteiger partial charge on any atom is 0.337 e. The van der Waals surface area contributed by atoms with Gasteiger partial charge in [0.2, 0.25) is 11.9 Å². The first-order valence-corrected chi connectivity index (χ1v) is 8.38. The summed E-state index contributed by atoms with van der Waals surface area (Å²) in [6.07, 6.45) is 4.79. The molecule has 1 fully saturated rings. The molecule has 1 saturated carbocycles. The summed E-state index contributed by atoms with van der Waals surface area (Å²) in [5.41, 5.74) is 13.0. The van der Waals surface area contributed by atoms with Gasteiger partial charge in [0, 0.05) is 19.8 Å². The number of carboxylic acids is 1. The third kappa shape index (κ3) is 2.99. The van der Waals surface area contributed by atoms with Crippen LogP contribution in [-0.2, 0) is 0 Å². The molecule has 25 heavy (non-hydrogen) atoms. The van der Waals surface area contributed by atoms with E-state index in [1.54, 1.807) is 17.0 Å². The zero-order valence-electron chi connectivity index (χ0n) is 14.6. The van der Waals surface area contributed by atoms with Crippen LogP contribution < -0.4 is 21.3 Å². The largest absolute Gasteiger partial charge is 0.478 e. The van der Waals surface area contributed by atoms with Crippen LogP contribution in [0.25, 0.3) is 0 Å². The van der Waals surface area contributed by atoms with Crippen molar-refractivity contribution in [3.8, 4) is 0 Å². The van der Waals surface area contributed by atoms with E-state index in [1.165, 1.54) is 0 Å². The number of benzene rings is 1. The number of aliphatic imine (C=N–C) groups is 2. The lowest BCUT2D eigenvalue weighted by Gasteiger charge is -2.45. The Balaban J connectivity index is 2.11. The van der Waals surface area contributed by atoms with Crippen molar-refractivity contribution in [3.05, 3.63) is 23.8 Å². The number of anilines is 2. The Morgan fingerprint density at radius 2 is 1.92 bits per heavy atom. The van der Waals surface area contributed by atoms with E-state index >= 15 is 0 Å². The molecule has 0 saturated heterocycles. The summed E-state index contributed by atoms with van der Waals surface area (Å²) < 4.78 is 0. The van der Waals surface area contributed by atoms with Crippen LogP contribution in [0.15, 0.2) is 28.2 Å². The lowest BCUT2D eigenvalue weighted by molar-refractivity contribution is 0.0697. The number of carbonyl (C=O) groups is 1. The summed E-state index contributed by atoms with van der Waals surface area (Å²) >= 11 is 0. The Morgan fingerprint density at radius 3 is 2.52 bits per heavy atom. The van der Waals surface area contributed by atoms with Crippen molar-refractivity contribution in [2.75, 3.05) is 23.9 Å². The lowest BCUT2D eigenvalue weighted by atomic mass is 9.87. The van der Waals surface area contributed by atoms with Crippen LogP contribution in [0.4, 0.5) is 11.4 Å². The third-order valence-corrected chi connectivity index (χ3v) is 4.80. The molecule has 0 aromatic heterocycles. The van der Waals surface area contributed by atoms with Crippen LogP contribution in [0, 0.1) is 0 Å². The minimum Gasteiger partial charge on any atom is -0.478 e. The lowest BCUT2D eigenvalue weighted by Crippen LogP contribution is -2.58. The summed E-state index contributed by atoms with van der Waals surface area (Å²) in [7, 11) is 3.62. The van der Waals surface area contributed by atoms with Crippen LogP contribution in [0.2, 0.25) is 0 Å². The molecule has 0 unspecified atom stereocenters. The van der Waals surface area contributed by atoms with Crippen LogP contribution in [0.1, 0.15) is 42.5 Å². The molecule has 1 heterocycles. The maximum atomic E-state index is 11.7. The first-order valence-electron chi connectivity index (χ1n) is 8.38. The summed E-state index contributed by atoms with van der Waals surface area (Å²) in [5, 5.41) is 9.59. The molecule has 1 aliphatic carbocycles. The van der Waals surface area contributed by atoms with Crippen molar-refractivity contribution in [1.82, 2.24) is 0 Å². The van der Waals surface area contributed by atoms with Crippen molar-refractivity contribution in [1.29, 1.82) is 0 Å². The number of rotatable bonds is 3. The highest BCUT2D eigenvalue weighted by Crippen LogP contribution is 2.40. The van der Waals surface area contributed by atoms with Crippen molar-refractivity contribution in [2.45, 2.75) is 37.8 Å². The van der Waals surface area contributed by atoms with E-state index < -0.39 is 11.6 Å². The van der Waals surface area contributed by atoms with Gasteiger partial charge in [-0.05, 0) is 43.9 Å². The number of aromatic carboxylic acids is 1. The summed E-state index contributed by atoms with van der Waals surface area (Å²) in [4.78, 5) is 24.0. The van der Waals surface area contributed by atoms with E-state index in [0.717, 1.165) is 32.1 Å². The maximum absolute atomic E-state index is 11.7. The normalized spacial score (nSPS) is 19.4. The topological polar surface area (TPSA) is 121 Å². The summed E-state index contributed by atoms with van der Waals surface area (Å²) in [6, 6.07) is 5.27. The molecular formula is C17H24N6O2. The Kier molecular flexibility index (Phi) is 4.28. The molecule has 5 N–H and O–H groups in total. The fourth-order valence-corrected chi connectivity index (χ4v) is 3.72. The predicted octanol–water partition coefficient (Wildman–Crippen LogP) is 1.56. The SMILES string of the molecule is CN(C)c1ccc(N2C(N)=NC(N)=NC23CCCCC3)cc1C(=O)O. The Hall–Kier alpha value is -2.77. The highest BCUT2D eigenvalue weighted by atomic mass is 16.4. The van der Waals surface area contributed by atoms with Crippen LogP contribution >= 0.6 is 0 Å². The summed E-state index contributed by atoms with van der Waals surface area (Å²) in [6.45, 7) is 0. The third-order valence-electron chi connectivity index (χ3n) is 4.80. The molecule has 8 nitrogen and oxygen atoms in total. The molecule has 1 aromatic rings. The first-order chi connectivity index (χ1) is 11.8. The van der Waals surface area contributed by atoms with Crippen molar-refractivity contribution >= 4 is 29.3 Å². The second-order valence-electron chi connectivity index (χ2n) is 6.72. The smallest absolute Gasteiger partial charge is 0.337 e. The zero-order valence-corrected chi connectivity index (χ0v) is 14.6. The Bertz CT molecular complexity index is 750. The molecule has 0 radical (unpaired) electrons. The molecule has 0 atom stereocenters. The van der Waals surface area contributed by atoms with Crippen molar-refractivity contribution in [3.63, 3.8) is 0 Å². The molecule has 1 aliphatic heterocycles. The molecule has 2 aliphatic rings. The number of guanidine groups is 2. The minimum atomic E-state index is -0.987. The van der Waals surface area contributed by atoms with E-state index in [0.29, 0.717) is 11.4 Å². The molecule has 1 spiro atoms. The highest BCUT2D eigenvalue weighted by Gasteiger charge is 2.42. The second-order valence-corrected chi connectivity index (χ2v) is 6.72. The van der Waals surface area contributed by atoms with Gasteiger partial charge in [0.05, 0.1) is 11.3 Å². The van der Waals surface area contributed by atoms with Gasteiger partial charge in [0.1, 0.15) is 5.66 Å². The van der Waals surface area contributed by atoms with E-state index in [-0.39, 0.29) is 17.5 Å². The highest BCUT2D eigenvalue weighted by molar-refractivity contribution is 6.06. The van der Waals surface area contributed by atoms with Gasteiger partial charge in [-0.25, -0.2) is 9.79 Å². The quantitative estimate of drug-likeness (QED) is 0.765. The van der Waals surface area contributed by atoms with Crippen molar-refractivity contribution in [2.24, 2.45) is 21.5 Å². The fourth-order valence-electron chi connectivity index (χ4n) is 3.72. The summed E-state index contributed by atoms with van der Waals surface area (Å²) in [5.74, 6) is -0.554. The number of carboxylic acid groups (broad SMARTS) is 1. The Labute approximate surface area is 146 Å². The van der Waals surface area contributed by atoms with E-state index in [9.17, 15) is 9.90 Å². The number of hydrogen-bond donors (Lipinski definition) is 3. The van der Waals surface area contributed by atoms with Gasteiger partial charge in [-0.15, -0.1) is 0 Å². The molecule has 0 bridgehead atoms. The van der Waals surface area contributed by atoms with Gasteiger partial charge in [0.15, 0.2) is 0 Å². The molecule has 1 aromatic carbocycles. The van der Waals surface area contributed by atoms with E-state index in [4.69, 9.17) is 11.5 Å². The van der Waals surface area contributed by atoms with Gasteiger partial charge < -0.3 is 21.5 Å².